The number of carbonyl (C=O) groups is 2. The second-order valence-corrected chi connectivity index (χ2v) is 7.42. The summed E-state index contributed by atoms with van der Waals surface area (Å²) in [6.07, 6.45) is 1.89. The Hall–Kier alpha value is -3.22. The molecule has 158 valence electrons. The van der Waals surface area contributed by atoms with Crippen molar-refractivity contribution in [3.05, 3.63) is 41.5 Å². The summed E-state index contributed by atoms with van der Waals surface area (Å²) in [6, 6.07) is 9.22. The Labute approximate surface area is 175 Å². The number of ether oxygens (including phenoxy) is 4. The van der Waals surface area contributed by atoms with Crippen LogP contribution in [0.25, 0.3) is 11.1 Å². The highest BCUT2D eigenvalue weighted by Gasteiger charge is 2.55. The Kier molecular flexibility index (Phi) is 5.28. The molecule has 0 radical (unpaired) electrons. The van der Waals surface area contributed by atoms with E-state index in [1.165, 1.54) is 7.11 Å². The summed E-state index contributed by atoms with van der Waals surface area (Å²) in [5.74, 6) is 0.845. The number of carbonyl (C=O) groups excluding carboxylic acids is 2. The van der Waals surface area contributed by atoms with Gasteiger partial charge in [-0.05, 0) is 35.7 Å². The second-order valence-electron chi connectivity index (χ2n) is 7.42. The van der Waals surface area contributed by atoms with Crippen molar-refractivity contribution in [2.75, 3.05) is 20.8 Å². The van der Waals surface area contributed by atoms with Gasteiger partial charge in [0.05, 0.1) is 20.8 Å². The molecule has 0 spiro atoms. The smallest absolute Gasteiger partial charge is 0.350 e. The maximum absolute atomic E-state index is 12.6. The van der Waals surface area contributed by atoms with Crippen molar-refractivity contribution >= 4 is 11.9 Å². The van der Waals surface area contributed by atoms with Crippen LogP contribution in [-0.2, 0) is 16.1 Å². The predicted octanol–water partition coefficient (Wildman–Crippen LogP) is 3.48. The van der Waals surface area contributed by atoms with Gasteiger partial charge in [0.1, 0.15) is 0 Å². The van der Waals surface area contributed by atoms with Gasteiger partial charge < -0.3 is 24.3 Å². The summed E-state index contributed by atoms with van der Waals surface area (Å²) in [5.41, 5.74) is 2.08. The summed E-state index contributed by atoms with van der Waals surface area (Å²) in [5, 5.41) is 2.86. The Bertz CT molecular complexity index is 995. The molecule has 0 atom stereocenters. The molecule has 1 heterocycles. The standard InChI is InChI=1S/C23H25NO6/c1-4-12-29-22(26)23(10-11-23)30-19-15(8-9-18(27-2)20(19)28-3)14-6-5-7-16-17(14)13-24-21(16)25/h5-9H,4,10-13H2,1-3H3,(H,24,25). The third kappa shape index (κ3) is 3.34. The highest BCUT2D eigenvalue weighted by atomic mass is 16.6. The van der Waals surface area contributed by atoms with E-state index < -0.39 is 5.60 Å². The van der Waals surface area contributed by atoms with Crippen molar-refractivity contribution in [2.24, 2.45) is 0 Å². The van der Waals surface area contributed by atoms with Crippen LogP contribution < -0.4 is 19.5 Å². The number of nitrogens with one attached hydrogen (secondary N) is 1. The Morgan fingerprint density at radius 2 is 1.80 bits per heavy atom. The zero-order valence-electron chi connectivity index (χ0n) is 17.4. The van der Waals surface area contributed by atoms with Crippen LogP contribution in [0.15, 0.2) is 30.3 Å². The zero-order chi connectivity index (χ0) is 21.3. The Morgan fingerprint density at radius 1 is 1.03 bits per heavy atom. The molecule has 7 nitrogen and oxygen atoms in total. The van der Waals surface area contributed by atoms with Crippen LogP contribution in [0.1, 0.15) is 42.1 Å². The summed E-state index contributed by atoms with van der Waals surface area (Å²) in [7, 11) is 3.08. The first kappa shape index (κ1) is 20.1. The van der Waals surface area contributed by atoms with Gasteiger partial charge in [-0.3, -0.25) is 4.79 Å². The van der Waals surface area contributed by atoms with Crippen LogP contribution in [0.3, 0.4) is 0 Å². The molecule has 1 N–H and O–H groups in total. The molecule has 1 aliphatic heterocycles. The molecular weight excluding hydrogens is 386 g/mol. The number of hydrogen-bond acceptors (Lipinski definition) is 6. The van der Waals surface area contributed by atoms with E-state index in [1.807, 2.05) is 25.1 Å². The van der Waals surface area contributed by atoms with E-state index in [2.05, 4.69) is 5.32 Å². The molecule has 1 aliphatic carbocycles. The molecule has 0 unspecified atom stereocenters. The zero-order valence-corrected chi connectivity index (χ0v) is 17.4. The van der Waals surface area contributed by atoms with Crippen LogP contribution in [0, 0.1) is 0 Å². The van der Waals surface area contributed by atoms with Gasteiger partial charge in [0.15, 0.2) is 11.5 Å². The second kappa shape index (κ2) is 7.89. The molecule has 2 aliphatic rings. The minimum Gasteiger partial charge on any atom is -0.493 e. The van der Waals surface area contributed by atoms with E-state index in [0.717, 1.165) is 23.1 Å². The molecule has 7 heteroatoms. The predicted molar refractivity (Wildman–Crippen MR) is 110 cm³/mol. The van der Waals surface area contributed by atoms with Gasteiger partial charge in [-0.25, -0.2) is 4.79 Å². The lowest BCUT2D eigenvalue weighted by Crippen LogP contribution is -2.32. The molecule has 2 aromatic carbocycles. The van der Waals surface area contributed by atoms with E-state index in [1.54, 1.807) is 19.2 Å². The fraction of sp³-hybridized carbons (Fsp3) is 0.391. The summed E-state index contributed by atoms with van der Waals surface area (Å²) < 4.78 is 22.8. The number of benzene rings is 2. The van der Waals surface area contributed by atoms with Gasteiger partial charge in [0.2, 0.25) is 11.4 Å². The number of esters is 1. The van der Waals surface area contributed by atoms with E-state index in [0.29, 0.717) is 48.8 Å². The SMILES string of the molecule is CCCOC(=O)C1(Oc2c(-c3cccc4c3CNC4=O)ccc(OC)c2OC)CC1. The molecular formula is C23H25NO6. The van der Waals surface area contributed by atoms with Crippen LogP contribution in [-0.4, -0.2) is 38.3 Å². The van der Waals surface area contributed by atoms with E-state index in [9.17, 15) is 9.59 Å². The molecule has 2 aromatic rings. The lowest BCUT2D eigenvalue weighted by Gasteiger charge is -2.23. The number of hydrogen-bond donors (Lipinski definition) is 1. The molecule has 0 saturated heterocycles. The van der Waals surface area contributed by atoms with Gasteiger partial charge in [0, 0.05) is 30.5 Å². The molecule has 1 saturated carbocycles. The minimum absolute atomic E-state index is 0.100. The van der Waals surface area contributed by atoms with Crippen molar-refractivity contribution in [2.45, 2.75) is 38.3 Å². The minimum atomic E-state index is -1.02. The fourth-order valence-electron chi connectivity index (χ4n) is 3.70. The lowest BCUT2D eigenvalue weighted by atomic mass is 9.95. The van der Waals surface area contributed by atoms with Gasteiger partial charge in [-0.2, -0.15) is 0 Å². The monoisotopic (exact) mass is 411 g/mol. The van der Waals surface area contributed by atoms with Crippen LogP contribution in [0.4, 0.5) is 0 Å². The van der Waals surface area contributed by atoms with Crippen LogP contribution >= 0.6 is 0 Å². The molecule has 1 fully saturated rings. The highest BCUT2D eigenvalue weighted by Crippen LogP contribution is 2.51. The first-order valence-corrected chi connectivity index (χ1v) is 10.1. The van der Waals surface area contributed by atoms with Crippen molar-refractivity contribution in [3.63, 3.8) is 0 Å². The van der Waals surface area contributed by atoms with E-state index >= 15 is 0 Å². The van der Waals surface area contributed by atoms with Crippen molar-refractivity contribution < 1.29 is 28.5 Å². The summed E-state index contributed by atoms with van der Waals surface area (Å²) in [4.78, 5) is 24.8. The van der Waals surface area contributed by atoms with Crippen molar-refractivity contribution in [1.82, 2.24) is 5.32 Å². The number of amides is 1. The maximum atomic E-state index is 12.6. The van der Waals surface area contributed by atoms with Gasteiger partial charge in [-0.15, -0.1) is 0 Å². The first-order valence-electron chi connectivity index (χ1n) is 10.1. The van der Waals surface area contributed by atoms with Crippen molar-refractivity contribution in [3.8, 4) is 28.4 Å². The molecule has 0 aromatic heterocycles. The molecule has 30 heavy (non-hydrogen) atoms. The Morgan fingerprint density at radius 3 is 2.47 bits per heavy atom. The summed E-state index contributed by atoms with van der Waals surface area (Å²) >= 11 is 0. The lowest BCUT2D eigenvalue weighted by molar-refractivity contribution is -0.154. The van der Waals surface area contributed by atoms with E-state index in [-0.39, 0.29) is 11.9 Å². The third-order valence-corrected chi connectivity index (χ3v) is 5.45. The first-order chi connectivity index (χ1) is 14.5. The Balaban J connectivity index is 1.82. The molecule has 0 bridgehead atoms. The van der Waals surface area contributed by atoms with Crippen LogP contribution in [0.2, 0.25) is 0 Å². The normalized spacial score (nSPS) is 15.8. The van der Waals surface area contributed by atoms with E-state index in [4.69, 9.17) is 18.9 Å². The largest absolute Gasteiger partial charge is 0.493 e. The van der Waals surface area contributed by atoms with Gasteiger partial charge in [-0.1, -0.05) is 19.1 Å². The molecule has 1 amide bonds. The maximum Gasteiger partial charge on any atom is 0.350 e. The number of fused-ring (bicyclic) bond motifs is 1. The van der Waals surface area contributed by atoms with Crippen LogP contribution in [0.5, 0.6) is 17.2 Å². The molecule has 4 rings (SSSR count). The van der Waals surface area contributed by atoms with Gasteiger partial charge >= 0.3 is 5.97 Å². The third-order valence-electron chi connectivity index (χ3n) is 5.45. The fourth-order valence-corrected chi connectivity index (χ4v) is 3.70. The van der Waals surface area contributed by atoms with Crippen molar-refractivity contribution in [1.29, 1.82) is 0 Å². The topological polar surface area (TPSA) is 83.1 Å². The average molecular weight is 411 g/mol. The number of methoxy groups -OCH3 is 2. The number of rotatable bonds is 8. The summed E-state index contributed by atoms with van der Waals surface area (Å²) in [6.45, 7) is 2.73. The van der Waals surface area contributed by atoms with Gasteiger partial charge in [0.25, 0.3) is 5.91 Å². The highest BCUT2D eigenvalue weighted by molar-refractivity contribution is 6.01. The average Bonchev–Trinajstić information content (AvgIpc) is 3.46. The quantitative estimate of drug-likeness (QED) is 0.670.